The van der Waals surface area contributed by atoms with Crippen LogP contribution in [0.15, 0.2) is 23.8 Å². The first-order chi connectivity index (χ1) is 17.5. The summed E-state index contributed by atoms with van der Waals surface area (Å²) in [5, 5.41) is 42.5. The number of aliphatic carboxylic acids is 1. The second kappa shape index (κ2) is 10.5. The van der Waals surface area contributed by atoms with E-state index in [9.17, 15) is 34.5 Å². The van der Waals surface area contributed by atoms with Crippen LogP contribution in [-0.4, -0.2) is 79.6 Å². The van der Waals surface area contributed by atoms with Crippen molar-refractivity contribution in [3.05, 3.63) is 23.8 Å². The van der Waals surface area contributed by atoms with E-state index in [4.69, 9.17) is 5.11 Å². The Kier molecular flexibility index (Phi) is 8.40. The van der Waals surface area contributed by atoms with Gasteiger partial charge < -0.3 is 25.7 Å². The number of carbonyl (C=O) groups is 4. The highest BCUT2D eigenvalue weighted by atomic mass is 32.1. The number of allylic oxidation sites excluding steroid dienone is 4. The zero-order valence-corrected chi connectivity index (χ0v) is 23.0. The zero-order chi connectivity index (χ0) is 28.8. The third-order valence-corrected chi connectivity index (χ3v) is 10.0. The zero-order valence-electron chi connectivity index (χ0n) is 22.1. The van der Waals surface area contributed by atoms with E-state index in [-0.39, 0.29) is 29.8 Å². The van der Waals surface area contributed by atoms with Gasteiger partial charge in [0.2, 0.25) is 5.91 Å². The van der Waals surface area contributed by atoms with Crippen molar-refractivity contribution in [1.29, 1.82) is 0 Å². The molecule has 1 amide bonds. The van der Waals surface area contributed by atoms with E-state index in [1.165, 1.54) is 19.1 Å². The lowest BCUT2D eigenvalue weighted by atomic mass is 9.44. The van der Waals surface area contributed by atoms with Crippen LogP contribution in [0.3, 0.4) is 0 Å². The quantitative estimate of drug-likeness (QED) is 0.278. The number of hydrogen-bond acceptors (Lipinski definition) is 8. The summed E-state index contributed by atoms with van der Waals surface area (Å²) in [6.45, 7) is 5.74. The first-order valence-corrected chi connectivity index (χ1v) is 13.5. The number of aliphatic hydroxyl groups excluding tert-OH is 2. The Hall–Kier alpha value is -2.08. The summed E-state index contributed by atoms with van der Waals surface area (Å²) in [6, 6.07) is -0.874. The van der Waals surface area contributed by atoms with Crippen LogP contribution in [-0.2, 0) is 19.2 Å². The van der Waals surface area contributed by atoms with Gasteiger partial charge in [0.1, 0.15) is 18.2 Å². The molecular weight excluding hydrogens is 517 g/mol. The number of aliphatic hydroxyl groups is 3. The fraction of sp³-hybridized carbons (Fsp3) is 0.704. The van der Waals surface area contributed by atoms with Gasteiger partial charge in [0.25, 0.3) is 0 Å². The lowest BCUT2D eigenvalue weighted by Crippen LogP contribution is -2.69. The number of hydrogen-bond donors (Lipinski definition) is 6. The molecule has 3 saturated carbocycles. The van der Waals surface area contributed by atoms with E-state index in [1.807, 2.05) is 0 Å². The second-order valence-corrected chi connectivity index (χ2v) is 11.9. The molecule has 0 radical (unpaired) electrons. The van der Waals surface area contributed by atoms with Crippen LogP contribution in [0.4, 0.5) is 4.39 Å². The molecule has 11 heteroatoms. The Bertz CT molecular complexity index is 1080. The van der Waals surface area contributed by atoms with Crippen molar-refractivity contribution in [1.82, 2.24) is 5.32 Å². The summed E-state index contributed by atoms with van der Waals surface area (Å²) in [7, 11) is 0. The van der Waals surface area contributed by atoms with Crippen LogP contribution in [0.5, 0.6) is 0 Å². The highest BCUT2D eigenvalue weighted by Gasteiger charge is 2.75. The summed E-state index contributed by atoms with van der Waals surface area (Å²) in [5.74, 6) is -3.44. The van der Waals surface area contributed by atoms with Crippen molar-refractivity contribution < 1.29 is 44.0 Å². The van der Waals surface area contributed by atoms with Gasteiger partial charge in [-0.05, 0) is 56.6 Å². The van der Waals surface area contributed by atoms with Gasteiger partial charge in [-0.1, -0.05) is 25.5 Å². The summed E-state index contributed by atoms with van der Waals surface area (Å²) in [4.78, 5) is 44.9. The molecule has 5 N–H and O–H groups in total. The number of Topliss-reactive ketones (excluding diaryl/α,β-unsaturated/α-hetero) is 1. The maximum Gasteiger partial charge on any atom is 0.327 e. The average Bonchev–Trinajstić information content (AvgIpc) is 3.05. The Balaban J connectivity index is 0.000000342. The molecule has 0 spiro atoms. The predicted molar refractivity (Wildman–Crippen MR) is 139 cm³/mol. The van der Waals surface area contributed by atoms with Crippen LogP contribution >= 0.6 is 12.6 Å². The van der Waals surface area contributed by atoms with Gasteiger partial charge in [0.05, 0.1) is 6.10 Å². The Morgan fingerprint density at radius 3 is 2.39 bits per heavy atom. The maximum absolute atomic E-state index is 16.9. The standard InChI is InChI=1S/C22H29FO5.C5H9NO3S/c1-12-8-16-15-5-4-13-9-14(25)6-7-19(13,2)21(15,23)17(26)10-20(16,3)22(12,28)18(27)11-24;1-3(7)6-4(2-10)5(8)9/h6-7,9,12,15-17,24,26,28H,4-5,8,10-11H2,1-3H3;4,10H,2H2,1H3,(H,6,7)(H,8,9)/t12-,15?,16?,17+,19+,20+,21+,22+;/m1./s1. The molecule has 9 atom stereocenters. The van der Waals surface area contributed by atoms with Gasteiger partial charge in [-0.2, -0.15) is 12.6 Å². The molecule has 0 heterocycles. The van der Waals surface area contributed by atoms with Crippen LogP contribution < -0.4 is 5.32 Å². The third kappa shape index (κ3) is 4.35. The molecule has 9 nitrogen and oxygen atoms in total. The topological polar surface area (TPSA) is 161 Å². The summed E-state index contributed by atoms with van der Waals surface area (Å²) < 4.78 is 16.9. The summed E-state index contributed by atoms with van der Waals surface area (Å²) >= 11 is 3.73. The molecule has 0 aliphatic heterocycles. The van der Waals surface area contributed by atoms with Crippen molar-refractivity contribution in [2.24, 2.45) is 28.6 Å². The highest BCUT2D eigenvalue weighted by Crippen LogP contribution is 2.70. The lowest BCUT2D eigenvalue weighted by Gasteiger charge is -2.62. The van der Waals surface area contributed by atoms with Crippen molar-refractivity contribution in [2.75, 3.05) is 12.4 Å². The lowest BCUT2D eigenvalue weighted by molar-refractivity contribution is -0.219. The van der Waals surface area contributed by atoms with Gasteiger partial charge in [0, 0.05) is 29.4 Å². The van der Waals surface area contributed by atoms with Gasteiger partial charge in [-0.25, -0.2) is 9.18 Å². The molecule has 4 rings (SSSR count). The van der Waals surface area contributed by atoms with Crippen molar-refractivity contribution in [3.63, 3.8) is 0 Å². The number of carbonyl (C=O) groups excluding carboxylic acids is 3. The molecule has 0 aromatic heterocycles. The number of fused-ring (bicyclic) bond motifs is 5. The van der Waals surface area contributed by atoms with E-state index in [0.717, 1.165) is 0 Å². The maximum atomic E-state index is 16.9. The van der Waals surface area contributed by atoms with Gasteiger partial charge in [-0.3, -0.25) is 14.4 Å². The number of thiol groups is 1. The molecule has 0 bridgehead atoms. The number of alkyl halides is 1. The fourth-order valence-corrected chi connectivity index (χ4v) is 7.94. The highest BCUT2D eigenvalue weighted by molar-refractivity contribution is 7.80. The van der Waals surface area contributed by atoms with Crippen molar-refractivity contribution >= 4 is 36.1 Å². The molecule has 38 heavy (non-hydrogen) atoms. The van der Waals surface area contributed by atoms with Crippen molar-refractivity contribution in [2.45, 2.75) is 76.8 Å². The molecule has 0 saturated heterocycles. The van der Waals surface area contributed by atoms with Gasteiger partial charge in [-0.15, -0.1) is 0 Å². The number of ketones is 2. The van der Waals surface area contributed by atoms with Crippen LogP contribution in [0.25, 0.3) is 0 Å². The number of carboxylic acid groups (broad SMARTS) is 1. The van der Waals surface area contributed by atoms with Crippen LogP contribution in [0, 0.1) is 28.6 Å². The SMILES string of the molecule is CC(=O)NC(CS)C(=O)O.C[C@@H]1CC2C3CCC4=CC(=O)C=C[C@]4(C)[C@@]3(F)[C@@H](O)C[C@]2(C)[C@@]1(O)C(=O)CO. The first-order valence-electron chi connectivity index (χ1n) is 12.8. The van der Waals surface area contributed by atoms with Crippen LogP contribution in [0.1, 0.15) is 53.4 Å². The molecular formula is C27H38FNO8S. The van der Waals surface area contributed by atoms with E-state index in [1.54, 1.807) is 26.8 Å². The van der Waals surface area contributed by atoms with E-state index in [2.05, 4.69) is 17.9 Å². The Morgan fingerprint density at radius 1 is 1.26 bits per heavy atom. The molecule has 4 aliphatic carbocycles. The van der Waals surface area contributed by atoms with Crippen molar-refractivity contribution in [3.8, 4) is 0 Å². The summed E-state index contributed by atoms with van der Waals surface area (Å²) in [6.07, 6.45) is 4.44. The van der Waals surface area contributed by atoms with Gasteiger partial charge in [0.15, 0.2) is 17.2 Å². The van der Waals surface area contributed by atoms with E-state index >= 15 is 4.39 Å². The molecule has 0 aromatic carbocycles. The minimum absolute atomic E-state index is 0.0676. The number of rotatable bonds is 5. The minimum atomic E-state index is -1.98. The van der Waals surface area contributed by atoms with Gasteiger partial charge >= 0.3 is 5.97 Å². The Labute approximate surface area is 227 Å². The second-order valence-electron chi connectivity index (χ2n) is 11.5. The average molecular weight is 556 g/mol. The fourth-order valence-electron chi connectivity index (χ4n) is 7.69. The Morgan fingerprint density at radius 2 is 1.89 bits per heavy atom. The van der Waals surface area contributed by atoms with E-state index in [0.29, 0.717) is 24.8 Å². The van der Waals surface area contributed by atoms with E-state index < -0.39 is 64.4 Å². The molecule has 3 unspecified atom stereocenters. The molecule has 4 aliphatic rings. The monoisotopic (exact) mass is 555 g/mol. The van der Waals surface area contributed by atoms with Crippen LogP contribution in [0.2, 0.25) is 0 Å². The number of carboxylic acids is 1. The normalized spacial score (nSPS) is 41.9. The molecule has 3 fully saturated rings. The number of halogens is 1. The predicted octanol–water partition coefficient (Wildman–Crippen LogP) is 1.40. The minimum Gasteiger partial charge on any atom is -0.480 e. The number of nitrogens with one attached hydrogen (secondary N) is 1. The number of amides is 1. The molecule has 0 aromatic rings. The summed E-state index contributed by atoms with van der Waals surface area (Å²) in [5.41, 5.74) is -5.17. The molecule has 212 valence electrons. The largest absolute Gasteiger partial charge is 0.480 e. The smallest absolute Gasteiger partial charge is 0.327 e. The first kappa shape index (κ1) is 30.5. The third-order valence-electron chi connectivity index (χ3n) is 9.65.